The van der Waals surface area contributed by atoms with Crippen LogP contribution in [0.25, 0.3) is 0 Å². The number of benzene rings is 1. The molecule has 1 aromatic carbocycles. The van der Waals surface area contributed by atoms with Crippen LogP contribution < -0.4 is 0 Å². The fourth-order valence-corrected chi connectivity index (χ4v) is 5.22. The highest BCUT2D eigenvalue weighted by atomic mass is 127. The first-order valence-corrected chi connectivity index (χ1v) is 9.91. The van der Waals surface area contributed by atoms with Crippen LogP contribution in [-0.2, 0) is 9.59 Å². The van der Waals surface area contributed by atoms with Gasteiger partial charge in [0.1, 0.15) is 0 Å². The molecule has 1 saturated carbocycles. The second kappa shape index (κ2) is 6.04. The lowest BCUT2D eigenvalue weighted by atomic mass is 9.63. The summed E-state index contributed by atoms with van der Waals surface area (Å²) in [5.41, 5.74) is 1.07. The fraction of sp³-hybridized carbons (Fsp3) is 0.474. The van der Waals surface area contributed by atoms with Crippen LogP contribution in [0.1, 0.15) is 30.9 Å². The minimum atomic E-state index is -0.113. The van der Waals surface area contributed by atoms with E-state index in [-0.39, 0.29) is 41.5 Å². The fourth-order valence-electron chi connectivity index (χ4n) is 4.63. The van der Waals surface area contributed by atoms with E-state index >= 15 is 0 Å². The predicted molar refractivity (Wildman–Crippen MR) is 96.9 cm³/mol. The number of hydrogen-bond acceptors (Lipinski definition) is 2. The van der Waals surface area contributed by atoms with Crippen LogP contribution >= 0.6 is 22.6 Å². The van der Waals surface area contributed by atoms with Crippen molar-refractivity contribution in [3.63, 3.8) is 0 Å². The van der Waals surface area contributed by atoms with Crippen molar-refractivity contribution >= 4 is 34.4 Å². The smallest absolute Gasteiger partial charge is 0.234 e. The molecule has 1 saturated heterocycles. The molecule has 2 fully saturated rings. The van der Waals surface area contributed by atoms with E-state index in [2.05, 4.69) is 34.7 Å². The average molecular weight is 421 g/mol. The quantitative estimate of drug-likeness (QED) is 0.322. The molecule has 0 radical (unpaired) electrons. The minimum absolute atomic E-state index is 0.0674. The largest absolute Gasteiger partial charge is 0.274 e. The van der Waals surface area contributed by atoms with Crippen LogP contribution in [0.4, 0.5) is 0 Å². The molecule has 0 spiro atoms. The highest BCUT2D eigenvalue weighted by molar-refractivity contribution is 14.1. The van der Waals surface area contributed by atoms with Crippen LogP contribution in [0.3, 0.4) is 0 Å². The summed E-state index contributed by atoms with van der Waals surface area (Å²) in [5, 5.41) is 0. The molecule has 4 heteroatoms. The molecule has 23 heavy (non-hydrogen) atoms. The van der Waals surface area contributed by atoms with E-state index in [1.54, 1.807) is 4.90 Å². The molecule has 1 aliphatic heterocycles. The van der Waals surface area contributed by atoms with Crippen molar-refractivity contribution in [2.75, 3.05) is 4.43 Å². The number of rotatable bonds is 4. The lowest BCUT2D eigenvalue weighted by Gasteiger charge is -2.38. The van der Waals surface area contributed by atoms with E-state index in [1.165, 1.54) is 0 Å². The Balaban J connectivity index is 1.71. The van der Waals surface area contributed by atoms with Crippen LogP contribution in [0.15, 0.2) is 42.5 Å². The second-order valence-corrected chi connectivity index (χ2v) is 7.87. The number of hydrogen-bond donors (Lipinski definition) is 0. The summed E-state index contributed by atoms with van der Waals surface area (Å²) in [6.45, 7) is 0. The molecule has 2 amide bonds. The normalized spacial score (nSPS) is 33.2. The molecule has 0 aromatic heterocycles. The number of imide groups is 1. The van der Waals surface area contributed by atoms with Gasteiger partial charge in [0.25, 0.3) is 0 Å². The van der Waals surface area contributed by atoms with Crippen molar-refractivity contribution in [2.24, 2.45) is 23.7 Å². The van der Waals surface area contributed by atoms with E-state index in [1.807, 2.05) is 30.3 Å². The number of nitrogens with zero attached hydrogens (tertiary/aromatic N) is 1. The van der Waals surface area contributed by atoms with Gasteiger partial charge in [-0.2, -0.15) is 0 Å². The summed E-state index contributed by atoms with van der Waals surface area (Å²) in [4.78, 5) is 27.8. The maximum absolute atomic E-state index is 13.1. The number of carbonyl (C=O) groups excluding carboxylic acids is 2. The molecule has 4 aliphatic rings. The van der Waals surface area contributed by atoms with Gasteiger partial charge < -0.3 is 0 Å². The molecule has 5 rings (SSSR count). The summed E-state index contributed by atoms with van der Waals surface area (Å²) < 4.78 is 0.925. The zero-order valence-corrected chi connectivity index (χ0v) is 15.1. The number of alkyl halides is 1. The molecule has 1 heterocycles. The zero-order chi connectivity index (χ0) is 16.0. The van der Waals surface area contributed by atoms with E-state index in [4.69, 9.17) is 0 Å². The Hall–Kier alpha value is -1.17. The molecule has 3 nitrogen and oxygen atoms in total. The molecule has 2 bridgehead atoms. The Morgan fingerprint density at radius 2 is 1.57 bits per heavy atom. The molecule has 1 aromatic rings. The lowest BCUT2D eigenvalue weighted by molar-refractivity contribution is -0.143. The maximum atomic E-state index is 13.1. The maximum Gasteiger partial charge on any atom is 0.234 e. The Morgan fingerprint density at radius 1 is 1.00 bits per heavy atom. The van der Waals surface area contributed by atoms with Crippen LogP contribution in [0.5, 0.6) is 0 Å². The number of fused-ring (bicyclic) bond motifs is 1. The number of likely N-dealkylation sites (tertiary alicyclic amines) is 1. The van der Waals surface area contributed by atoms with Gasteiger partial charge >= 0.3 is 0 Å². The number of amides is 2. The van der Waals surface area contributed by atoms with Gasteiger partial charge in [0.05, 0.1) is 17.9 Å². The third kappa shape index (κ3) is 2.37. The Morgan fingerprint density at radius 3 is 2.04 bits per heavy atom. The predicted octanol–water partition coefficient (Wildman–Crippen LogP) is 3.75. The van der Waals surface area contributed by atoms with Gasteiger partial charge in [0.2, 0.25) is 11.8 Å². The van der Waals surface area contributed by atoms with Gasteiger partial charge in [0.15, 0.2) is 0 Å². The summed E-state index contributed by atoms with van der Waals surface area (Å²) in [7, 11) is 0. The van der Waals surface area contributed by atoms with Crippen LogP contribution in [-0.4, -0.2) is 21.1 Å². The third-order valence-corrected chi connectivity index (χ3v) is 6.29. The summed E-state index contributed by atoms with van der Waals surface area (Å²) in [6.07, 6.45) is 7.29. The van der Waals surface area contributed by atoms with Gasteiger partial charge in [-0.05, 0) is 36.7 Å². The molecule has 0 N–H and O–H groups in total. The van der Waals surface area contributed by atoms with Crippen molar-refractivity contribution in [2.45, 2.75) is 25.3 Å². The third-order valence-electron chi connectivity index (χ3n) is 5.67. The van der Waals surface area contributed by atoms with E-state index in [0.29, 0.717) is 0 Å². The van der Waals surface area contributed by atoms with Crippen LogP contribution in [0.2, 0.25) is 0 Å². The summed E-state index contributed by atoms with van der Waals surface area (Å²) >= 11 is 2.33. The Kier molecular flexibility index (Phi) is 4.03. The number of halogens is 1. The van der Waals surface area contributed by atoms with Gasteiger partial charge in [-0.25, -0.2) is 0 Å². The monoisotopic (exact) mass is 421 g/mol. The van der Waals surface area contributed by atoms with Crippen molar-refractivity contribution < 1.29 is 9.59 Å². The topological polar surface area (TPSA) is 37.4 Å². The summed E-state index contributed by atoms with van der Waals surface area (Å²) in [6, 6.07) is 9.90. The van der Waals surface area contributed by atoms with E-state index < -0.39 is 0 Å². The van der Waals surface area contributed by atoms with Crippen molar-refractivity contribution in [3.8, 4) is 0 Å². The number of allylic oxidation sites excluding steroid dienone is 2. The first-order chi connectivity index (χ1) is 11.2. The Bertz CT molecular complexity index is 625. The van der Waals surface area contributed by atoms with Crippen molar-refractivity contribution in [1.29, 1.82) is 0 Å². The standard InChI is InChI=1S/C19H20INO2/c20-11-10-15(12-4-2-1-3-5-12)21-18(22)16-13-6-7-14(9-8-13)17(16)19(21)23/h1-7,13-17H,8-11H2. The second-order valence-electron chi connectivity index (χ2n) is 6.79. The molecular formula is C19H20INO2. The van der Waals surface area contributed by atoms with E-state index in [9.17, 15) is 9.59 Å². The van der Waals surface area contributed by atoms with Gasteiger partial charge in [-0.3, -0.25) is 14.5 Å². The Labute approximate surface area is 150 Å². The average Bonchev–Trinajstić information content (AvgIpc) is 2.88. The molecular weight excluding hydrogens is 401 g/mol. The summed E-state index contributed by atoms with van der Waals surface area (Å²) in [5.74, 6) is 0.457. The zero-order valence-electron chi connectivity index (χ0n) is 12.9. The van der Waals surface area contributed by atoms with Gasteiger partial charge in [-0.15, -0.1) is 0 Å². The highest BCUT2D eigenvalue weighted by Gasteiger charge is 2.57. The van der Waals surface area contributed by atoms with Crippen molar-refractivity contribution in [1.82, 2.24) is 4.90 Å². The first kappa shape index (κ1) is 15.4. The highest BCUT2D eigenvalue weighted by Crippen LogP contribution is 2.51. The molecule has 5 atom stereocenters. The molecule has 5 unspecified atom stereocenters. The number of carbonyl (C=O) groups is 2. The van der Waals surface area contributed by atoms with Crippen molar-refractivity contribution in [3.05, 3.63) is 48.0 Å². The van der Waals surface area contributed by atoms with Gasteiger partial charge in [-0.1, -0.05) is 65.1 Å². The van der Waals surface area contributed by atoms with Gasteiger partial charge in [0, 0.05) is 4.43 Å². The van der Waals surface area contributed by atoms with Crippen LogP contribution in [0, 0.1) is 23.7 Å². The first-order valence-electron chi connectivity index (χ1n) is 8.38. The SMILES string of the molecule is O=C1C2C3C=CC(CC3)C2C(=O)N1C(CCI)c1ccccc1. The molecule has 120 valence electrons. The lowest BCUT2D eigenvalue weighted by Crippen LogP contribution is -2.38. The molecule has 3 aliphatic carbocycles. The van der Waals surface area contributed by atoms with E-state index in [0.717, 1.165) is 29.3 Å². The minimum Gasteiger partial charge on any atom is -0.274 e.